The van der Waals surface area contributed by atoms with E-state index < -0.39 is 17.4 Å². The molecule has 2 aromatic heterocycles. The van der Waals surface area contributed by atoms with Gasteiger partial charge in [-0.1, -0.05) is 23.7 Å². The van der Waals surface area contributed by atoms with Gasteiger partial charge in [-0.3, -0.25) is 14.3 Å². The van der Waals surface area contributed by atoms with E-state index in [0.29, 0.717) is 10.8 Å². The van der Waals surface area contributed by atoms with Gasteiger partial charge in [0.15, 0.2) is 11.2 Å². The van der Waals surface area contributed by atoms with E-state index in [0.717, 1.165) is 0 Å². The van der Waals surface area contributed by atoms with Gasteiger partial charge in [-0.25, -0.2) is 4.79 Å². The molecule has 0 aliphatic heterocycles. The number of para-hydroxylation sites is 1. The Hall–Kier alpha value is -2.82. The number of imidazole rings is 1. The van der Waals surface area contributed by atoms with Crippen molar-refractivity contribution >= 4 is 28.7 Å². The quantitative estimate of drug-likeness (QED) is 0.408. The number of halogens is 1. The van der Waals surface area contributed by atoms with Crippen LogP contribution in [0.3, 0.4) is 0 Å². The Morgan fingerprint density at radius 3 is 2.82 bits per heavy atom. The lowest BCUT2D eigenvalue weighted by Gasteiger charge is -2.16. The van der Waals surface area contributed by atoms with Gasteiger partial charge in [0.25, 0.3) is 5.56 Å². The molecule has 2 heterocycles. The summed E-state index contributed by atoms with van der Waals surface area (Å²) in [4.78, 5) is 30.6. The van der Waals surface area contributed by atoms with Crippen molar-refractivity contribution in [3.05, 3.63) is 50.1 Å². The Kier molecular flexibility index (Phi) is 6.02. The van der Waals surface area contributed by atoms with Crippen LogP contribution in [0.5, 0.6) is 5.75 Å². The maximum atomic E-state index is 12.3. The van der Waals surface area contributed by atoms with Crippen LogP contribution in [0.25, 0.3) is 11.2 Å². The first kappa shape index (κ1) is 19.9. The number of hydrogen-bond donors (Lipinski definition) is 4. The molecule has 4 N–H and O–H groups in total. The average Bonchev–Trinajstić information content (AvgIpc) is 3.02. The monoisotopic (exact) mass is 409 g/mol. The summed E-state index contributed by atoms with van der Waals surface area (Å²) in [5, 5.41) is 22.8. The standard InChI is InChI=1S/C17H20ClN5O5/c1-22-14-13(15(26)21-17(22)27)23(16(20-14)19-6-7-24)8-10(25)9-28-12-5-3-2-4-11(12)18/h2-5,10,24-25H,6-9H2,1H3,(H,19,20)(H,21,26,27)/t10-/m1/s1. The van der Waals surface area contributed by atoms with E-state index in [4.69, 9.17) is 21.4 Å². The van der Waals surface area contributed by atoms with E-state index in [1.54, 1.807) is 24.3 Å². The summed E-state index contributed by atoms with van der Waals surface area (Å²) < 4.78 is 8.18. The van der Waals surface area contributed by atoms with Crippen LogP contribution in [-0.2, 0) is 13.6 Å². The second kappa shape index (κ2) is 8.46. The Morgan fingerprint density at radius 2 is 2.11 bits per heavy atom. The fourth-order valence-electron chi connectivity index (χ4n) is 2.73. The van der Waals surface area contributed by atoms with Gasteiger partial charge in [-0.2, -0.15) is 4.98 Å². The molecule has 150 valence electrons. The Bertz CT molecular complexity index is 1090. The third kappa shape index (κ3) is 4.03. The Morgan fingerprint density at radius 1 is 1.36 bits per heavy atom. The maximum absolute atomic E-state index is 12.3. The van der Waals surface area contributed by atoms with E-state index in [9.17, 15) is 14.7 Å². The summed E-state index contributed by atoms with van der Waals surface area (Å²) in [7, 11) is 1.48. The van der Waals surface area contributed by atoms with Gasteiger partial charge in [-0.05, 0) is 12.1 Å². The fourth-order valence-corrected chi connectivity index (χ4v) is 2.92. The van der Waals surface area contributed by atoms with Crippen LogP contribution < -0.4 is 21.3 Å². The van der Waals surface area contributed by atoms with Crippen molar-refractivity contribution in [2.24, 2.45) is 7.05 Å². The summed E-state index contributed by atoms with van der Waals surface area (Å²) in [6, 6.07) is 6.87. The first-order valence-corrected chi connectivity index (χ1v) is 8.89. The molecule has 0 saturated heterocycles. The van der Waals surface area contributed by atoms with Crippen molar-refractivity contribution in [2.75, 3.05) is 25.1 Å². The predicted octanol–water partition coefficient (Wildman–Crippen LogP) is -0.0792. The smallest absolute Gasteiger partial charge is 0.329 e. The molecule has 0 saturated carbocycles. The summed E-state index contributed by atoms with van der Waals surface area (Å²) in [5.41, 5.74) is -0.937. The van der Waals surface area contributed by atoms with Crippen molar-refractivity contribution < 1.29 is 14.9 Å². The highest BCUT2D eigenvalue weighted by Crippen LogP contribution is 2.23. The van der Waals surface area contributed by atoms with Gasteiger partial charge >= 0.3 is 5.69 Å². The van der Waals surface area contributed by atoms with E-state index in [1.807, 2.05) is 0 Å². The number of aryl methyl sites for hydroxylation is 1. The average molecular weight is 410 g/mol. The van der Waals surface area contributed by atoms with Gasteiger partial charge in [0, 0.05) is 13.6 Å². The lowest BCUT2D eigenvalue weighted by Crippen LogP contribution is -2.31. The van der Waals surface area contributed by atoms with E-state index in [-0.39, 0.29) is 43.4 Å². The number of aromatic amines is 1. The van der Waals surface area contributed by atoms with Crippen LogP contribution in [0, 0.1) is 0 Å². The van der Waals surface area contributed by atoms with Crippen LogP contribution in [0.15, 0.2) is 33.9 Å². The number of fused-ring (bicyclic) bond motifs is 1. The van der Waals surface area contributed by atoms with Crippen molar-refractivity contribution in [1.82, 2.24) is 19.1 Å². The van der Waals surface area contributed by atoms with E-state index in [1.165, 1.54) is 16.2 Å². The van der Waals surface area contributed by atoms with Crippen LogP contribution in [0.1, 0.15) is 0 Å². The normalized spacial score (nSPS) is 12.3. The second-order valence-corrected chi connectivity index (χ2v) is 6.49. The molecule has 1 aromatic carbocycles. The number of nitrogens with zero attached hydrogens (tertiary/aromatic N) is 3. The highest BCUT2D eigenvalue weighted by molar-refractivity contribution is 6.32. The van der Waals surface area contributed by atoms with Gasteiger partial charge in [0.1, 0.15) is 18.5 Å². The van der Waals surface area contributed by atoms with Gasteiger partial charge in [-0.15, -0.1) is 0 Å². The molecule has 11 heteroatoms. The van der Waals surface area contributed by atoms with Crippen LogP contribution in [0.4, 0.5) is 5.95 Å². The molecule has 0 unspecified atom stereocenters. The zero-order valence-electron chi connectivity index (χ0n) is 15.1. The first-order valence-electron chi connectivity index (χ1n) is 8.52. The van der Waals surface area contributed by atoms with Crippen molar-refractivity contribution in [1.29, 1.82) is 0 Å². The van der Waals surface area contributed by atoms with Crippen LogP contribution >= 0.6 is 11.6 Å². The van der Waals surface area contributed by atoms with E-state index in [2.05, 4.69) is 15.3 Å². The van der Waals surface area contributed by atoms with Gasteiger partial charge in [0.05, 0.1) is 18.2 Å². The molecule has 0 bridgehead atoms. The second-order valence-electron chi connectivity index (χ2n) is 6.08. The SMILES string of the molecule is Cn1c(=O)[nH]c(=O)c2c1nc(NCCO)n2C[C@@H](O)COc1ccccc1Cl. The van der Waals surface area contributed by atoms with Crippen molar-refractivity contribution in [2.45, 2.75) is 12.6 Å². The predicted molar refractivity (Wildman–Crippen MR) is 104 cm³/mol. The maximum Gasteiger partial charge on any atom is 0.329 e. The third-order valence-corrected chi connectivity index (χ3v) is 4.38. The molecule has 10 nitrogen and oxygen atoms in total. The molecule has 0 aliphatic rings. The fraction of sp³-hybridized carbons (Fsp3) is 0.353. The number of aliphatic hydroxyl groups is 2. The summed E-state index contributed by atoms with van der Waals surface area (Å²) >= 11 is 6.03. The lowest BCUT2D eigenvalue weighted by molar-refractivity contribution is 0.0938. The topological polar surface area (TPSA) is 134 Å². The minimum absolute atomic E-state index is 0.0317. The highest BCUT2D eigenvalue weighted by atomic mass is 35.5. The summed E-state index contributed by atoms with van der Waals surface area (Å²) in [6.45, 7) is -0.0828. The number of hydrogen-bond acceptors (Lipinski definition) is 7. The Balaban J connectivity index is 1.90. The zero-order valence-corrected chi connectivity index (χ0v) is 15.8. The number of nitrogens with one attached hydrogen (secondary N) is 2. The first-order chi connectivity index (χ1) is 13.4. The molecular formula is C17H20ClN5O5. The van der Waals surface area contributed by atoms with E-state index >= 15 is 0 Å². The van der Waals surface area contributed by atoms with Crippen LogP contribution in [-0.4, -0.2) is 55.2 Å². The Labute approximate surface area is 164 Å². The number of aliphatic hydroxyl groups excluding tert-OH is 2. The minimum atomic E-state index is -1.00. The molecule has 0 fully saturated rings. The molecule has 28 heavy (non-hydrogen) atoms. The molecule has 1 atom stereocenters. The number of ether oxygens (including phenoxy) is 1. The third-order valence-electron chi connectivity index (χ3n) is 4.06. The highest BCUT2D eigenvalue weighted by Gasteiger charge is 2.20. The lowest BCUT2D eigenvalue weighted by atomic mass is 10.3. The van der Waals surface area contributed by atoms with Gasteiger partial charge < -0.3 is 24.8 Å². The summed E-state index contributed by atoms with van der Waals surface area (Å²) in [6.07, 6.45) is -1.00. The van der Waals surface area contributed by atoms with Gasteiger partial charge in [0.2, 0.25) is 5.95 Å². The minimum Gasteiger partial charge on any atom is -0.489 e. The summed E-state index contributed by atoms with van der Waals surface area (Å²) in [5.74, 6) is 0.671. The number of anilines is 1. The largest absolute Gasteiger partial charge is 0.489 e. The molecule has 3 aromatic rings. The van der Waals surface area contributed by atoms with Crippen LogP contribution in [0.2, 0.25) is 5.02 Å². The molecule has 3 rings (SSSR count). The number of H-pyrrole nitrogens is 1. The molecule has 0 amide bonds. The molecule has 0 radical (unpaired) electrons. The molecular weight excluding hydrogens is 390 g/mol. The zero-order chi connectivity index (χ0) is 20.3. The van der Waals surface area contributed by atoms with Crippen molar-refractivity contribution in [3.8, 4) is 5.75 Å². The number of rotatable bonds is 8. The molecule has 0 spiro atoms. The molecule has 0 aliphatic carbocycles. The van der Waals surface area contributed by atoms with Crippen molar-refractivity contribution in [3.63, 3.8) is 0 Å². The number of aromatic nitrogens is 4. The number of benzene rings is 1.